The maximum Gasteiger partial charge on any atom is 0.303 e. The number of carboxylic acid groups (broad SMARTS) is 1. The van der Waals surface area contributed by atoms with E-state index in [0.29, 0.717) is 27.7 Å². The number of aromatic hydroxyl groups is 1. The van der Waals surface area contributed by atoms with Crippen LogP contribution < -0.4 is 0 Å². The Kier molecular flexibility index (Phi) is 10.9. The van der Waals surface area contributed by atoms with Gasteiger partial charge in [-0.25, -0.2) is 0 Å². The molecule has 0 saturated heterocycles. The van der Waals surface area contributed by atoms with Gasteiger partial charge in [0.05, 0.1) is 5.71 Å². The molecule has 2 N–H and O–H groups in total. The standard InChI is InChI=1S/C25H31Cl2NO3/c1-18-16-21(27)17-22(25(18)31)24(19-11-13-20(26)14-12-19)28-15-9-7-5-3-2-4-6-8-10-23(29)30/h11-14,16-17,31H,2-10,15H2,1H3,(H,29,30). The Bertz CT molecular complexity index is 879. The van der Waals surface area contributed by atoms with Gasteiger partial charge in [-0.15, -0.1) is 0 Å². The van der Waals surface area contributed by atoms with Crippen LogP contribution in [-0.2, 0) is 4.79 Å². The molecule has 0 unspecified atom stereocenters. The monoisotopic (exact) mass is 463 g/mol. The summed E-state index contributed by atoms with van der Waals surface area (Å²) >= 11 is 12.3. The van der Waals surface area contributed by atoms with Crippen LogP contribution in [0.3, 0.4) is 0 Å². The average molecular weight is 464 g/mol. The van der Waals surface area contributed by atoms with Crippen LogP contribution in [0.2, 0.25) is 10.0 Å². The van der Waals surface area contributed by atoms with Crippen molar-refractivity contribution in [2.75, 3.05) is 6.54 Å². The average Bonchev–Trinajstić information content (AvgIpc) is 2.72. The van der Waals surface area contributed by atoms with Crippen molar-refractivity contribution in [3.8, 4) is 5.75 Å². The van der Waals surface area contributed by atoms with E-state index in [-0.39, 0.29) is 12.2 Å². The fourth-order valence-corrected chi connectivity index (χ4v) is 3.89. The number of aliphatic carboxylic acids is 1. The molecular formula is C25H31Cl2NO3. The molecule has 0 saturated carbocycles. The molecule has 168 valence electrons. The summed E-state index contributed by atoms with van der Waals surface area (Å²) in [5.41, 5.74) is 2.96. The highest BCUT2D eigenvalue weighted by Gasteiger charge is 2.14. The Morgan fingerprint density at radius 2 is 1.45 bits per heavy atom. The lowest BCUT2D eigenvalue weighted by Gasteiger charge is -2.12. The van der Waals surface area contributed by atoms with E-state index in [2.05, 4.69) is 0 Å². The summed E-state index contributed by atoms with van der Waals surface area (Å²) in [6, 6.07) is 10.9. The number of carboxylic acids is 1. The molecule has 0 aliphatic carbocycles. The molecule has 0 heterocycles. The van der Waals surface area contributed by atoms with Crippen molar-refractivity contribution in [2.45, 2.75) is 64.7 Å². The number of phenolic OH excluding ortho intramolecular Hbond substituents is 1. The lowest BCUT2D eigenvalue weighted by Crippen LogP contribution is -2.06. The number of benzene rings is 2. The highest BCUT2D eigenvalue weighted by molar-refractivity contribution is 6.32. The van der Waals surface area contributed by atoms with Gasteiger partial charge in [0, 0.05) is 34.1 Å². The van der Waals surface area contributed by atoms with Gasteiger partial charge in [0.1, 0.15) is 5.75 Å². The van der Waals surface area contributed by atoms with E-state index in [9.17, 15) is 9.90 Å². The smallest absolute Gasteiger partial charge is 0.303 e. The Morgan fingerprint density at radius 1 is 0.871 bits per heavy atom. The van der Waals surface area contributed by atoms with Gasteiger partial charge in [-0.2, -0.15) is 0 Å². The number of aryl methyl sites for hydroxylation is 1. The fourth-order valence-electron chi connectivity index (χ4n) is 3.50. The van der Waals surface area contributed by atoms with E-state index in [4.69, 9.17) is 33.3 Å². The maximum atomic E-state index is 10.6. The van der Waals surface area contributed by atoms with Crippen molar-refractivity contribution in [1.82, 2.24) is 0 Å². The minimum absolute atomic E-state index is 0.195. The number of hydrogen-bond donors (Lipinski definition) is 2. The van der Waals surface area contributed by atoms with Crippen LogP contribution in [0.25, 0.3) is 0 Å². The van der Waals surface area contributed by atoms with Gasteiger partial charge in [0.25, 0.3) is 0 Å². The van der Waals surface area contributed by atoms with Crippen molar-refractivity contribution in [3.05, 3.63) is 63.1 Å². The molecule has 6 heteroatoms. The molecule has 0 aliphatic heterocycles. The zero-order valence-corrected chi connectivity index (χ0v) is 19.6. The Labute approximate surface area is 194 Å². The predicted octanol–water partition coefficient (Wildman–Crippen LogP) is 7.44. The third kappa shape index (κ3) is 8.92. The third-order valence-corrected chi connectivity index (χ3v) is 5.68. The van der Waals surface area contributed by atoms with E-state index >= 15 is 0 Å². The first-order valence-electron chi connectivity index (χ1n) is 10.9. The van der Waals surface area contributed by atoms with Crippen LogP contribution in [0.1, 0.15) is 74.5 Å². The summed E-state index contributed by atoms with van der Waals surface area (Å²) in [6.07, 6.45) is 8.64. The van der Waals surface area contributed by atoms with Crippen molar-refractivity contribution in [1.29, 1.82) is 0 Å². The molecule has 0 aliphatic rings. The molecule has 0 atom stereocenters. The molecule has 2 rings (SSSR count). The zero-order chi connectivity index (χ0) is 22.6. The second-order valence-electron chi connectivity index (χ2n) is 7.83. The Balaban J connectivity index is 1.90. The van der Waals surface area contributed by atoms with Crippen LogP contribution in [0.4, 0.5) is 0 Å². The third-order valence-electron chi connectivity index (χ3n) is 5.21. The first-order valence-corrected chi connectivity index (χ1v) is 11.7. The predicted molar refractivity (Wildman–Crippen MR) is 129 cm³/mol. The number of unbranched alkanes of at least 4 members (excludes halogenated alkanes) is 7. The van der Waals surface area contributed by atoms with Crippen molar-refractivity contribution >= 4 is 34.9 Å². The molecule has 0 radical (unpaired) electrons. The summed E-state index contributed by atoms with van der Waals surface area (Å²) in [6.45, 7) is 2.49. The SMILES string of the molecule is Cc1cc(Cl)cc(C(=NCCCCCCCCCCC(=O)O)c2ccc(Cl)cc2)c1O. The van der Waals surface area contributed by atoms with Crippen LogP contribution in [-0.4, -0.2) is 28.4 Å². The number of halogens is 2. The summed E-state index contributed by atoms with van der Waals surface area (Å²) in [7, 11) is 0. The Hall–Kier alpha value is -2.04. The molecule has 31 heavy (non-hydrogen) atoms. The fraction of sp³-hybridized carbons (Fsp3) is 0.440. The van der Waals surface area contributed by atoms with Crippen molar-refractivity contribution in [3.63, 3.8) is 0 Å². The quantitative estimate of drug-likeness (QED) is 0.239. The highest BCUT2D eigenvalue weighted by atomic mass is 35.5. The largest absolute Gasteiger partial charge is 0.507 e. The number of hydrogen-bond acceptors (Lipinski definition) is 3. The summed E-state index contributed by atoms with van der Waals surface area (Å²) in [5.74, 6) is -0.513. The van der Waals surface area contributed by atoms with Crippen LogP contribution >= 0.6 is 23.2 Å². The van der Waals surface area contributed by atoms with Gasteiger partial charge in [0.15, 0.2) is 0 Å². The van der Waals surface area contributed by atoms with Gasteiger partial charge in [0.2, 0.25) is 0 Å². The first-order chi connectivity index (χ1) is 14.9. The second kappa shape index (κ2) is 13.4. The molecular weight excluding hydrogens is 433 g/mol. The lowest BCUT2D eigenvalue weighted by atomic mass is 9.99. The molecule has 2 aromatic carbocycles. The summed E-state index contributed by atoms with van der Waals surface area (Å²) < 4.78 is 0. The number of aliphatic imine (C=N–C) groups is 1. The van der Waals surface area contributed by atoms with E-state index in [1.807, 2.05) is 31.2 Å². The van der Waals surface area contributed by atoms with Crippen molar-refractivity contribution in [2.24, 2.45) is 4.99 Å². The zero-order valence-electron chi connectivity index (χ0n) is 18.0. The van der Waals surface area contributed by atoms with Gasteiger partial charge in [-0.3, -0.25) is 9.79 Å². The molecule has 2 aromatic rings. The van der Waals surface area contributed by atoms with Gasteiger partial charge < -0.3 is 10.2 Å². The van der Waals surface area contributed by atoms with E-state index < -0.39 is 5.97 Å². The number of carbonyl (C=O) groups is 1. The topological polar surface area (TPSA) is 69.9 Å². The molecule has 4 nitrogen and oxygen atoms in total. The Morgan fingerprint density at radius 3 is 2.06 bits per heavy atom. The van der Waals surface area contributed by atoms with Gasteiger partial charge in [-0.05, 0) is 49.6 Å². The maximum absolute atomic E-state index is 10.6. The van der Waals surface area contributed by atoms with Crippen LogP contribution in [0.5, 0.6) is 5.75 Å². The normalized spacial score (nSPS) is 11.6. The van der Waals surface area contributed by atoms with Crippen LogP contribution in [0, 0.1) is 6.92 Å². The number of rotatable bonds is 13. The molecule has 0 amide bonds. The molecule has 0 fully saturated rings. The molecule has 0 aromatic heterocycles. The van der Waals surface area contributed by atoms with Crippen LogP contribution in [0.15, 0.2) is 41.4 Å². The van der Waals surface area contributed by atoms with Crippen molar-refractivity contribution < 1.29 is 15.0 Å². The minimum Gasteiger partial charge on any atom is -0.507 e. The second-order valence-corrected chi connectivity index (χ2v) is 8.70. The van der Waals surface area contributed by atoms with Gasteiger partial charge >= 0.3 is 5.97 Å². The van der Waals surface area contributed by atoms with E-state index in [1.54, 1.807) is 12.1 Å². The minimum atomic E-state index is -0.709. The van der Waals surface area contributed by atoms with E-state index in [1.165, 1.54) is 0 Å². The lowest BCUT2D eigenvalue weighted by molar-refractivity contribution is -0.137. The van der Waals surface area contributed by atoms with E-state index in [0.717, 1.165) is 62.6 Å². The molecule has 0 bridgehead atoms. The first kappa shape index (κ1) is 25.2. The molecule has 0 spiro atoms. The summed E-state index contributed by atoms with van der Waals surface area (Å²) in [5, 5.41) is 20.5. The van der Waals surface area contributed by atoms with Gasteiger partial charge in [-0.1, -0.05) is 73.9 Å². The number of phenols is 1. The number of nitrogens with zero attached hydrogens (tertiary/aromatic N) is 1. The highest BCUT2D eigenvalue weighted by Crippen LogP contribution is 2.29. The summed E-state index contributed by atoms with van der Waals surface area (Å²) in [4.78, 5) is 15.3.